The Kier molecular flexibility index (Phi) is 3.31. The first-order valence-electron chi connectivity index (χ1n) is 9.20. The van der Waals surface area contributed by atoms with E-state index in [4.69, 9.17) is 4.74 Å². The van der Waals surface area contributed by atoms with Crippen LogP contribution < -0.4 is 5.43 Å². The van der Waals surface area contributed by atoms with Crippen molar-refractivity contribution >= 4 is 11.8 Å². The fourth-order valence-electron chi connectivity index (χ4n) is 4.90. The van der Waals surface area contributed by atoms with Crippen molar-refractivity contribution in [1.29, 1.82) is 0 Å². The van der Waals surface area contributed by atoms with Crippen molar-refractivity contribution in [2.45, 2.75) is 13.3 Å². The van der Waals surface area contributed by atoms with Crippen LogP contribution in [0.2, 0.25) is 0 Å². The van der Waals surface area contributed by atoms with Gasteiger partial charge in [-0.05, 0) is 25.2 Å². The van der Waals surface area contributed by atoms with E-state index in [9.17, 15) is 14.4 Å². The third-order valence-corrected chi connectivity index (χ3v) is 6.45. The number of aryl methyl sites for hydroxylation is 1. The number of carbonyl (C=O) groups excluding carboxylic acids is 2. The van der Waals surface area contributed by atoms with Crippen LogP contribution >= 0.6 is 0 Å². The zero-order valence-electron chi connectivity index (χ0n) is 14.7. The lowest BCUT2D eigenvalue weighted by Gasteiger charge is -2.47. The Labute approximate surface area is 150 Å². The van der Waals surface area contributed by atoms with E-state index in [1.54, 1.807) is 11.8 Å². The van der Waals surface area contributed by atoms with Gasteiger partial charge in [-0.2, -0.15) is 5.10 Å². The van der Waals surface area contributed by atoms with Gasteiger partial charge in [0.15, 0.2) is 5.69 Å². The Morgan fingerprint density at radius 1 is 1.23 bits per heavy atom. The first-order valence-corrected chi connectivity index (χ1v) is 9.20. The Morgan fingerprint density at radius 2 is 1.92 bits per heavy atom. The quantitative estimate of drug-likeness (QED) is 0.779. The molecule has 1 spiro atoms. The summed E-state index contributed by atoms with van der Waals surface area (Å²) in [5.41, 5.74) is 0.218. The fraction of sp³-hybridized carbons (Fsp3) is 0.667. The van der Waals surface area contributed by atoms with Gasteiger partial charge in [-0.25, -0.2) is 0 Å². The summed E-state index contributed by atoms with van der Waals surface area (Å²) < 4.78 is 5.37. The molecule has 0 bridgehead atoms. The number of nitrogens with one attached hydrogen (secondary N) is 1. The van der Waals surface area contributed by atoms with Crippen molar-refractivity contribution in [3.63, 3.8) is 0 Å². The van der Waals surface area contributed by atoms with Crippen molar-refractivity contribution in [2.75, 3.05) is 39.4 Å². The third-order valence-electron chi connectivity index (χ3n) is 6.45. The van der Waals surface area contributed by atoms with E-state index in [-0.39, 0.29) is 34.3 Å². The normalized spacial score (nSPS) is 31.0. The summed E-state index contributed by atoms with van der Waals surface area (Å²) in [5.74, 6) is 0.958. The maximum atomic E-state index is 12.7. The fourth-order valence-corrected chi connectivity index (χ4v) is 4.90. The van der Waals surface area contributed by atoms with Gasteiger partial charge in [-0.3, -0.25) is 19.5 Å². The van der Waals surface area contributed by atoms with Crippen molar-refractivity contribution in [2.24, 2.45) is 23.2 Å². The van der Waals surface area contributed by atoms with Gasteiger partial charge >= 0.3 is 0 Å². The van der Waals surface area contributed by atoms with Gasteiger partial charge in [-0.1, -0.05) is 0 Å². The van der Waals surface area contributed by atoms with Crippen LogP contribution in [0.1, 0.15) is 22.6 Å². The molecule has 1 aromatic heterocycles. The number of hydrogen-bond donors (Lipinski definition) is 1. The van der Waals surface area contributed by atoms with Crippen molar-refractivity contribution < 1.29 is 14.3 Å². The van der Waals surface area contributed by atoms with Crippen LogP contribution in [0.4, 0.5) is 0 Å². The van der Waals surface area contributed by atoms with E-state index >= 15 is 0 Å². The Bertz CT molecular complexity index is 834. The molecule has 0 aromatic carbocycles. The Hall–Kier alpha value is -2.22. The first kappa shape index (κ1) is 16.0. The van der Waals surface area contributed by atoms with Gasteiger partial charge in [0.05, 0.1) is 13.2 Å². The van der Waals surface area contributed by atoms with Crippen LogP contribution in [0.25, 0.3) is 0 Å². The number of ether oxygens (including phenoxy) is 1. The summed E-state index contributed by atoms with van der Waals surface area (Å²) >= 11 is 0. The lowest BCUT2D eigenvalue weighted by molar-refractivity contribution is -0.133. The predicted molar refractivity (Wildman–Crippen MR) is 90.4 cm³/mol. The number of fused-ring (bicyclic) bond motifs is 1. The number of aromatic amines is 1. The molecule has 1 aromatic rings. The third kappa shape index (κ3) is 2.31. The monoisotopic (exact) mass is 358 g/mol. The van der Waals surface area contributed by atoms with Gasteiger partial charge in [0.1, 0.15) is 0 Å². The summed E-state index contributed by atoms with van der Waals surface area (Å²) in [6.07, 6.45) is 0.915. The number of aromatic nitrogens is 2. The summed E-state index contributed by atoms with van der Waals surface area (Å²) in [5, 5.41) is 6.58. The summed E-state index contributed by atoms with van der Waals surface area (Å²) in [6, 6.07) is 1.39. The lowest BCUT2D eigenvalue weighted by atomic mass is 9.79. The molecule has 1 aliphatic carbocycles. The Morgan fingerprint density at radius 3 is 2.62 bits per heavy atom. The zero-order chi connectivity index (χ0) is 18.1. The van der Waals surface area contributed by atoms with E-state index in [1.165, 1.54) is 6.07 Å². The van der Waals surface area contributed by atoms with Crippen LogP contribution in [0, 0.1) is 30.1 Å². The van der Waals surface area contributed by atoms with Crippen LogP contribution in [0.3, 0.4) is 0 Å². The number of nitrogens with zero attached hydrogens (tertiary/aromatic N) is 3. The van der Waals surface area contributed by atoms with Crippen LogP contribution in [0.5, 0.6) is 0 Å². The molecule has 5 rings (SSSR count). The minimum absolute atomic E-state index is 0.0106. The highest BCUT2D eigenvalue weighted by Gasteiger charge is 2.60. The molecule has 26 heavy (non-hydrogen) atoms. The standard InChI is InChI=1S/C18H22N4O4/c1-10-4-13(23)15(20-19-10)17(25)22-8-18(9-22)2-3-21(7-18)16(24)14-11-5-26-6-12(11)14/h4,11-12,14H,2-3,5-9H2,1H3,(H,19,23)/t11-,12+,14?. The molecule has 1 saturated carbocycles. The number of H-pyrrole nitrogens is 1. The summed E-state index contributed by atoms with van der Waals surface area (Å²) in [4.78, 5) is 40.8. The number of rotatable bonds is 2. The van der Waals surface area contributed by atoms with Gasteiger partial charge < -0.3 is 14.5 Å². The number of likely N-dealkylation sites (tertiary alicyclic amines) is 2. The molecule has 1 unspecified atom stereocenters. The van der Waals surface area contributed by atoms with Gasteiger partial charge in [0.2, 0.25) is 11.3 Å². The molecule has 4 aliphatic rings. The van der Waals surface area contributed by atoms with Crippen LogP contribution in [0.15, 0.2) is 10.9 Å². The number of amides is 2. The predicted octanol–water partition coefficient (Wildman–Crippen LogP) is -0.355. The molecule has 4 fully saturated rings. The van der Waals surface area contributed by atoms with Gasteiger partial charge in [0.25, 0.3) is 5.91 Å². The molecule has 1 N–H and O–H groups in total. The van der Waals surface area contributed by atoms with E-state index in [0.717, 1.165) is 26.2 Å². The van der Waals surface area contributed by atoms with Gasteiger partial charge in [-0.15, -0.1) is 0 Å². The highest BCUT2D eigenvalue weighted by Crippen LogP contribution is 2.52. The maximum absolute atomic E-state index is 12.7. The van der Waals surface area contributed by atoms with E-state index in [1.807, 2.05) is 4.90 Å². The second-order valence-electron chi connectivity index (χ2n) is 8.33. The average Bonchev–Trinajstić information content (AvgIpc) is 2.95. The molecular weight excluding hydrogens is 336 g/mol. The highest BCUT2D eigenvalue weighted by molar-refractivity contribution is 5.92. The molecule has 138 valence electrons. The smallest absolute Gasteiger partial charge is 0.278 e. The molecule has 0 radical (unpaired) electrons. The second-order valence-corrected chi connectivity index (χ2v) is 8.33. The molecule has 8 nitrogen and oxygen atoms in total. The highest BCUT2D eigenvalue weighted by atomic mass is 16.5. The molecule has 3 saturated heterocycles. The van der Waals surface area contributed by atoms with Crippen molar-refractivity contribution in [1.82, 2.24) is 20.0 Å². The number of hydrogen-bond acceptors (Lipinski definition) is 5. The Balaban J connectivity index is 1.21. The minimum Gasteiger partial charge on any atom is -0.381 e. The summed E-state index contributed by atoms with van der Waals surface area (Å²) in [6.45, 7) is 5.83. The molecule has 8 heteroatoms. The van der Waals surface area contributed by atoms with E-state index in [2.05, 4.69) is 10.2 Å². The van der Waals surface area contributed by atoms with E-state index < -0.39 is 0 Å². The van der Waals surface area contributed by atoms with Crippen LogP contribution in [-0.4, -0.2) is 71.2 Å². The minimum atomic E-state index is -0.349. The maximum Gasteiger partial charge on any atom is 0.278 e. The number of carbonyl (C=O) groups is 2. The van der Waals surface area contributed by atoms with Crippen LogP contribution in [-0.2, 0) is 9.53 Å². The lowest BCUT2D eigenvalue weighted by Crippen LogP contribution is -2.60. The molecule has 2 amide bonds. The second kappa shape index (κ2) is 5.39. The molecule has 3 aliphatic heterocycles. The zero-order valence-corrected chi connectivity index (χ0v) is 14.7. The van der Waals surface area contributed by atoms with Crippen molar-refractivity contribution in [3.05, 3.63) is 27.7 Å². The van der Waals surface area contributed by atoms with E-state index in [0.29, 0.717) is 37.2 Å². The average molecular weight is 358 g/mol. The van der Waals surface area contributed by atoms with Gasteiger partial charge in [0, 0.05) is 49.3 Å². The van der Waals surface area contributed by atoms with Crippen molar-refractivity contribution in [3.8, 4) is 0 Å². The largest absolute Gasteiger partial charge is 0.381 e. The molecule has 4 heterocycles. The molecule has 3 atom stereocenters. The SMILES string of the molecule is Cc1cc(=O)c(C(=O)N2CC3(CCN(C(=O)C4[C@H]5COC[C@@H]45)C3)C2)n[nH]1. The molecular formula is C18H22N4O4. The topological polar surface area (TPSA) is 95.6 Å². The summed E-state index contributed by atoms with van der Waals surface area (Å²) in [7, 11) is 0. The first-order chi connectivity index (χ1) is 12.5.